The average molecular weight is 242 g/mol. The topological polar surface area (TPSA) is 86.0 Å². The standard InChI is InChI=1S/C11H14O6/c1-7(2)4-16-11(14)17-5-8-3-9(12)10(13)6-15-8/h3,6-7,13H,4-5H2,1-2H3. The number of ether oxygens (including phenoxy) is 2. The number of hydrogen-bond donors (Lipinski definition) is 1. The fraction of sp³-hybridized carbons (Fsp3) is 0.455. The van der Waals surface area contributed by atoms with Crippen LogP contribution in [0.25, 0.3) is 0 Å². The lowest BCUT2D eigenvalue weighted by atomic mass is 10.2. The summed E-state index contributed by atoms with van der Waals surface area (Å²) in [5, 5.41) is 8.93. The fourth-order valence-corrected chi connectivity index (χ4v) is 0.926. The smallest absolute Gasteiger partial charge is 0.502 e. The molecule has 0 aromatic carbocycles. The molecule has 0 aliphatic heterocycles. The summed E-state index contributed by atoms with van der Waals surface area (Å²) < 4.78 is 14.3. The molecule has 0 radical (unpaired) electrons. The van der Waals surface area contributed by atoms with Crippen LogP contribution in [-0.2, 0) is 16.1 Å². The minimum Gasteiger partial charge on any atom is -0.502 e. The Morgan fingerprint density at radius 1 is 1.47 bits per heavy atom. The van der Waals surface area contributed by atoms with Crippen molar-refractivity contribution in [1.29, 1.82) is 0 Å². The molecular formula is C11H14O6. The van der Waals surface area contributed by atoms with E-state index in [4.69, 9.17) is 19.0 Å². The zero-order chi connectivity index (χ0) is 12.8. The first-order chi connectivity index (χ1) is 7.99. The van der Waals surface area contributed by atoms with E-state index < -0.39 is 17.3 Å². The predicted molar refractivity (Wildman–Crippen MR) is 57.6 cm³/mol. The van der Waals surface area contributed by atoms with Crippen LogP contribution < -0.4 is 5.43 Å². The minimum atomic E-state index is -0.825. The van der Waals surface area contributed by atoms with Gasteiger partial charge in [-0.05, 0) is 5.92 Å². The predicted octanol–water partition coefficient (Wildman–Crippen LogP) is 1.65. The summed E-state index contributed by atoms with van der Waals surface area (Å²) in [4.78, 5) is 22.1. The maximum atomic E-state index is 11.1. The average Bonchev–Trinajstić information content (AvgIpc) is 2.28. The van der Waals surface area contributed by atoms with Crippen LogP contribution in [0.4, 0.5) is 4.79 Å². The van der Waals surface area contributed by atoms with Gasteiger partial charge >= 0.3 is 6.16 Å². The molecule has 0 aliphatic carbocycles. The van der Waals surface area contributed by atoms with Gasteiger partial charge in [-0.15, -0.1) is 0 Å². The van der Waals surface area contributed by atoms with E-state index in [2.05, 4.69) is 0 Å². The summed E-state index contributed by atoms with van der Waals surface area (Å²) in [6.07, 6.45) is 0.0648. The zero-order valence-corrected chi connectivity index (χ0v) is 9.63. The van der Waals surface area contributed by atoms with Crippen molar-refractivity contribution in [2.45, 2.75) is 20.5 Å². The van der Waals surface area contributed by atoms with Gasteiger partial charge in [-0.25, -0.2) is 4.79 Å². The van der Waals surface area contributed by atoms with E-state index in [1.807, 2.05) is 13.8 Å². The van der Waals surface area contributed by atoms with Gasteiger partial charge in [-0.3, -0.25) is 4.79 Å². The number of aromatic hydroxyl groups is 1. The maximum absolute atomic E-state index is 11.1. The monoisotopic (exact) mass is 242 g/mol. The van der Waals surface area contributed by atoms with Crippen LogP contribution in [0.2, 0.25) is 0 Å². The second-order valence-corrected chi connectivity index (χ2v) is 3.84. The van der Waals surface area contributed by atoms with Gasteiger partial charge in [0.2, 0.25) is 5.43 Å². The number of hydrogen-bond acceptors (Lipinski definition) is 6. The van der Waals surface area contributed by atoms with Crippen molar-refractivity contribution >= 4 is 6.16 Å². The van der Waals surface area contributed by atoms with Crippen LogP contribution in [0, 0.1) is 5.92 Å². The molecule has 0 atom stereocenters. The summed E-state index contributed by atoms with van der Waals surface area (Å²) in [6.45, 7) is 3.84. The molecule has 6 nitrogen and oxygen atoms in total. The molecule has 6 heteroatoms. The lowest BCUT2D eigenvalue weighted by molar-refractivity contribution is 0.0379. The third-order valence-corrected chi connectivity index (χ3v) is 1.73. The van der Waals surface area contributed by atoms with E-state index in [1.165, 1.54) is 0 Å². The lowest BCUT2D eigenvalue weighted by Gasteiger charge is -2.07. The van der Waals surface area contributed by atoms with Crippen molar-refractivity contribution in [1.82, 2.24) is 0 Å². The molecule has 0 amide bonds. The maximum Gasteiger partial charge on any atom is 0.508 e. The molecule has 1 N–H and O–H groups in total. The van der Waals surface area contributed by atoms with Crippen LogP contribution in [0.1, 0.15) is 19.6 Å². The third kappa shape index (κ3) is 4.58. The highest BCUT2D eigenvalue weighted by molar-refractivity contribution is 5.59. The van der Waals surface area contributed by atoms with Gasteiger partial charge in [0.05, 0.1) is 6.61 Å². The lowest BCUT2D eigenvalue weighted by Crippen LogP contribution is -2.12. The third-order valence-electron chi connectivity index (χ3n) is 1.73. The van der Waals surface area contributed by atoms with Crippen LogP contribution in [0.5, 0.6) is 5.75 Å². The molecule has 1 aromatic heterocycles. The van der Waals surface area contributed by atoms with E-state index in [9.17, 15) is 9.59 Å². The highest BCUT2D eigenvalue weighted by Gasteiger charge is 2.08. The molecular weight excluding hydrogens is 228 g/mol. The molecule has 17 heavy (non-hydrogen) atoms. The Labute approximate surface area is 97.8 Å². The van der Waals surface area contributed by atoms with Crippen LogP contribution in [0.3, 0.4) is 0 Å². The summed E-state index contributed by atoms with van der Waals surface area (Å²) >= 11 is 0. The van der Waals surface area contributed by atoms with Gasteiger partial charge in [0.15, 0.2) is 12.4 Å². The highest BCUT2D eigenvalue weighted by Crippen LogP contribution is 2.05. The van der Waals surface area contributed by atoms with E-state index in [0.717, 1.165) is 12.3 Å². The normalized spacial score (nSPS) is 10.3. The van der Waals surface area contributed by atoms with Gasteiger partial charge in [0.1, 0.15) is 12.0 Å². The summed E-state index contributed by atoms with van der Waals surface area (Å²) in [6, 6.07) is 1.05. The summed E-state index contributed by atoms with van der Waals surface area (Å²) in [5.74, 6) is -0.139. The van der Waals surface area contributed by atoms with Crippen LogP contribution >= 0.6 is 0 Å². The Morgan fingerprint density at radius 3 is 2.76 bits per heavy atom. The zero-order valence-electron chi connectivity index (χ0n) is 9.63. The number of carbonyl (C=O) groups excluding carboxylic acids is 1. The van der Waals surface area contributed by atoms with Gasteiger partial charge < -0.3 is 19.0 Å². The molecule has 0 saturated heterocycles. The number of carbonyl (C=O) groups is 1. The van der Waals surface area contributed by atoms with Crippen LogP contribution in [-0.4, -0.2) is 17.9 Å². The fourth-order valence-electron chi connectivity index (χ4n) is 0.926. The van der Waals surface area contributed by atoms with Crippen molar-refractivity contribution in [3.8, 4) is 5.75 Å². The molecule has 0 spiro atoms. The first kappa shape index (κ1) is 13.1. The van der Waals surface area contributed by atoms with Gasteiger partial charge in [-0.1, -0.05) is 13.8 Å². The first-order valence-corrected chi connectivity index (χ1v) is 5.09. The largest absolute Gasteiger partial charge is 0.508 e. The molecule has 0 aliphatic rings. The van der Waals surface area contributed by atoms with Crippen molar-refractivity contribution in [2.24, 2.45) is 5.92 Å². The Hall–Kier alpha value is -1.98. The van der Waals surface area contributed by atoms with Crippen LogP contribution in [0.15, 0.2) is 21.5 Å². The molecule has 0 saturated carbocycles. The highest BCUT2D eigenvalue weighted by atomic mass is 16.7. The van der Waals surface area contributed by atoms with E-state index in [-0.39, 0.29) is 24.9 Å². The van der Waals surface area contributed by atoms with Gasteiger partial charge in [0, 0.05) is 6.07 Å². The second kappa shape index (κ2) is 5.93. The first-order valence-electron chi connectivity index (χ1n) is 5.09. The van der Waals surface area contributed by atoms with Crippen molar-refractivity contribution < 1.29 is 23.8 Å². The Balaban J connectivity index is 2.42. The summed E-state index contributed by atoms with van der Waals surface area (Å²) in [7, 11) is 0. The van der Waals surface area contributed by atoms with Crippen molar-refractivity contribution in [2.75, 3.05) is 6.61 Å². The Kier molecular flexibility index (Phi) is 4.56. The van der Waals surface area contributed by atoms with Gasteiger partial charge in [0.25, 0.3) is 0 Å². The van der Waals surface area contributed by atoms with Crippen molar-refractivity contribution in [3.63, 3.8) is 0 Å². The van der Waals surface area contributed by atoms with Crippen molar-refractivity contribution in [3.05, 3.63) is 28.3 Å². The Bertz CT molecular complexity index is 434. The van der Waals surface area contributed by atoms with E-state index in [1.54, 1.807) is 0 Å². The number of rotatable bonds is 4. The molecule has 1 aromatic rings. The Morgan fingerprint density at radius 2 is 2.18 bits per heavy atom. The molecule has 1 rings (SSSR count). The second-order valence-electron chi connectivity index (χ2n) is 3.84. The molecule has 0 fully saturated rings. The molecule has 94 valence electrons. The molecule has 0 unspecified atom stereocenters. The summed E-state index contributed by atoms with van der Waals surface area (Å²) in [5.41, 5.74) is -0.592. The van der Waals surface area contributed by atoms with E-state index >= 15 is 0 Å². The molecule has 0 bridgehead atoms. The molecule has 1 heterocycles. The quantitative estimate of drug-likeness (QED) is 0.808. The van der Waals surface area contributed by atoms with E-state index in [0.29, 0.717) is 0 Å². The SMILES string of the molecule is CC(C)COC(=O)OCc1cc(=O)c(O)co1. The minimum absolute atomic E-state index is 0.134. The van der Waals surface area contributed by atoms with Gasteiger partial charge in [-0.2, -0.15) is 0 Å².